The highest BCUT2D eigenvalue weighted by atomic mass is 16.1. The first-order chi connectivity index (χ1) is 9.15. The second-order valence-electron chi connectivity index (χ2n) is 5.04. The fourth-order valence-corrected chi connectivity index (χ4v) is 2.54. The number of aryl methyl sites for hydroxylation is 2. The van der Waals surface area contributed by atoms with Gasteiger partial charge in [0.2, 0.25) is 5.91 Å². The third-order valence-electron chi connectivity index (χ3n) is 3.70. The van der Waals surface area contributed by atoms with E-state index in [0.29, 0.717) is 6.42 Å². The van der Waals surface area contributed by atoms with E-state index >= 15 is 0 Å². The summed E-state index contributed by atoms with van der Waals surface area (Å²) in [4.78, 5) is 12.3. The predicted octanol–water partition coefficient (Wildman–Crippen LogP) is 2.65. The summed E-state index contributed by atoms with van der Waals surface area (Å²) >= 11 is 0. The molecule has 2 rings (SSSR count). The van der Waals surface area contributed by atoms with Gasteiger partial charge in [-0.05, 0) is 30.4 Å². The van der Waals surface area contributed by atoms with E-state index in [1.807, 2.05) is 12.2 Å². The molecular formula is C16H22N2O. The Morgan fingerprint density at radius 2 is 1.89 bits per heavy atom. The molecule has 1 aliphatic carbocycles. The Bertz CT molecular complexity index is 471. The Hall–Kier alpha value is -1.61. The standard InChI is InChI=1S/C16H22N2O/c1-3-11-6-5-7-12(4-2)15(11)18-16(19)13-8-9-14(17)10-13/h5-9,13-14H,3-4,10,17H2,1-2H3,(H,18,19). The number of carbonyl (C=O) groups is 1. The van der Waals surface area contributed by atoms with Crippen molar-refractivity contribution in [1.82, 2.24) is 0 Å². The molecule has 0 heterocycles. The molecule has 1 aromatic carbocycles. The number of nitrogens with one attached hydrogen (secondary N) is 1. The van der Waals surface area contributed by atoms with E-state index in [9.17, 15) is 4.79 Å². The Kier molecular flexibility index (Phi) is 4.38. The number of carbonyl (C=O) groups excluding carboxylic acids is 1. The summed E-state index contributed by atoms with van der Waals surface area (Å²) in [6.45, 7) is 4.21. The molecule has 2 atom stereocenters. The van der Waals surface area contributed by atoms with Crippen LogP contribution in [0.25, 0.3) is 0 Å². The Labute approximate surface area is 114 Å². The van der Waals surface area contributed by atoms with Crippen molar-refractivity contribution in [1.29, 1.82) is 0 Å². The van der Waals surface area contributed by atoms with E-state index in [4.69, 9.17) is 5.73 Å². The van der Waals surface area contributed by atoms with Gasteiger partial charge in [0, 0.05) is 11.7 Å². The van der Waals surface area contributed by atoms with Gasteiger partial charge in [-0.25, -0.2) is 0 Å². The first kappa shape index (κ1) is 13.8. The van der Waals surface area contributed by atoms with Crippen molar-refractivity contribution in [3.63, 3.8) is 0 Å². The van der Waals surface area contributed by atoms with Crippen molar-refractivity contribution in [3.8, 4) is 0 Å². The normalized spacial score (nSPS) is 21.6. The minimum absolute atomic E-state index is 0.0165. The van der Waals surface area contributed by atoms with Gasteiger partial charge < -0.3 is 11.1 Å². The number of anilines is 1. The van der Waals surface area contributed by atoms with Crippen LogP contribution < -0.4 is 11.1 Å². The maximum absolute atomic E-state index is 12.3. The number of hydrogen-bond acceptors (Lipinski definition) is 2. The number of rotatable bonds is 4. The Morgan fingerprint density at radius 3 is 2.37 bits per heavy atom. The predicted molar refractivity (Wildman–Crippen MR) is 79.1 cm³/mol. The summed E-state index contributed by atoms with van der Waals surface area (Å²) in [5.41, 5.74) is 9.18. The van der Waals surface area contributed by atoms with Crippen molar-refractivity contribution in [3.05, 3.63) is 41.5 Å². The molecule has 0 saturated carbocycles. The highest BCUT2D eigenvalue weighted by Crippen LogP contribution is 2.25. The molecule has 0 aromatic heterocycles. The Morgan fingerprint density at radius 1 is 1.26 bits per heavy atom. The van der Waals surface area contributed by atoms with Crippen LogP contribution in [0.3, 0.4) is 0 Å². The summed E-state index contributed by atoms with van der Waals surface area (Å²) in [5.74, 6) is -0.0376. The first-order valence-corrected chi connectivity index (χ1v) is 7.01. The molecule has 3 heteroatoms. The van der Waals surface area contributed by atoms with Gasteiger partial charge in [-0.2, -0.15) is 0 Å². The minimum Gasteiger partial charge on any atom is -0.325 e. The zero-order valence-electron chi connectivity index (χ0n) is 11.6. The summed E-state index contributed by atoms with van der Waals surface area (Å²) in [6, 6.07) is 6.22. The summed E-state index contributed by atoms with van der Waals surface area (Å²) in [7, 11) is 0. The lowest BCUT2D eigenvalue weighted by molar-refractivity contribution is -0.118. The lowest BCUT2D eigenvalue weighted by atomic mass is 10.0. The molecule has 0 fully saturated rings. The van der Waals surface area contributed by atoms with Gasteiger partial charge in [0.1, 0.15) is 0 Å². The van der Waals surface area contributed by atoms with Gasteiger partial charge in [0.25, 0.3) is 0 Å². The van der Waals surface area contributed by atoms with Crippen molar-refractivity contribution >= 4 is 11.6 Å². The molecule has 0 bridgehead atoms. The first-order valence-electron chi connectivity index (χ1n) is 7.01. The second kappa shape index (κ2) is 6.02. The second-order valence-corrected chi connectivity index (χ2v) is 5.04. The quantitative estimate of drug-likeness (QED) is 0.816. The van der Waals surface area contributed by atoms with Gasteiger partial charge in [-0.1, -0.05) is 44.2 Å². The number of para-hydroxylation sites is 1. The molecule has 102 valence electrons. The fraction of sp³-hybridized carbons (Fsp3) is 0.438. The third kappa shape index (κ3) is 3.04. The lowest BCUT2D eigenvalue weighted by Gasteiger charge is -2.16. The molecule has 0 saturated heterocycles. The molecule has 0 spiro atoms. The lowest BCUT2D eigenvalue weighted by Crippen LogP contribution is -2.25. The van der Waals surface area contributed by atoms with Crippen LogP contribution in [0.15, 0.2) is 30.4 Å². The van der Waals surface area contributed by atoms with Gasteiger partial charge in [0.15, 0.2) is 0 Å². The van der Waals surface area contributed by atoms with Crippen LogP contribution in [0, 0.1) is 5.92 Å². The maximum Gasteiger partial charge on any atom is 0.231 e. The molecule has 3 N–H and O–H groups in total. The van der Waals surface area contributed by atoms with Gasteiger partial charge in [-0.15, -0.1) is 0 Å². The molecule has 0 aliphatic heterocycles. The van der Waals surface area contributed by atoms with Crippen molar-refractivity contribution in [2.45, 2.75) is 39.2 Å². The maximum atomic E-state index is 12.3. The molecule has 19 heavy (non-hydrogen) atoms. The van der Waals surface area contributed by atoms with Crippen LogP contribution >= 0.6 is 0 Å². The minimum atomic E-state index is -0.0929. The smallest absolute Gasteiger partial charge is 0.231 e. The number of nitrogens with two attached hydrogens (primary N) is 1. The fourth-order valence-electron chi connectivity index (χ4n) is 2.54. The SMILES string of the molecule is CCc1cccc(CC)c1NC(=O)C1C=CC(N)C1. The molecule has 2 unspecified atom stereocenters. The summed E-state index contributed by atoms with van der Waals surface area (Å²) in [5, 5.41) is 3.10. The van der Waals surface area contributed by atoms with Crippen LogP contribution in [-0.2, 0) is 17.6 Å². The zero-order chi connectivity index (χ0) is 13.8. The van der Waals surface area contributed by atoms with Crippen molar-refractivity contribution in [2.75, 3.05) is 5.32 Å². The number of benzene rings is 1. The van der Waals surface area contributed by atoms with Crippen LogP contribution in [0.4, 0.5) is 5.69 Å². The van der Waals surface area contributed by atoms with E-state index in [1.165, 1.54) is 11.1 Å². The highest BCUT2D eigenvalue weighted by molar-refractivity contribution is 5.95. The van der Waals surface area contributed by atoms with Crippen LogP contribution in [0.2, 0.25) is 0 Å². The largest absolute Gasteiger partial charge is 0.325 e. The monoisotopic (exact) mass is 258 g/mol. The Balaban J connectivity index is 2.18. The van der Waals surface area contributed by atoms with E-state index in [0.717, 1.165) is 18.5 Å². The molecule has 1 amide bonds. The third-order valence-corrected chi connectivity index (χ3v) is 3.70. The van der Waals surface area contributed by atoms with Gasteiger partial charge in [-0.3, -0.25) is 4.79 Å². The van der Waals surface area contributed by atoms with Crippen LogP contribution in [0.1, 0.15) is 31.4 Å². The molecule has 1 aliphatic rings. The number of hydrogen-bond donors (Lipinski definition) is 2. The highest BCUT2D eigenvalue weighted by Gasteiger charge is 2.23. The van der Waals surface area contributed by atoms with Gasteiger partial charge >= 0.3 is 0 Å². The summed E-state index contributed by atoms with van der Waals surface area (Å²) < 4.78 is 0. The van der Waals surface area contributed by atoms with E-state index in [2.05, 4.69) is 37.4 Å². The van der Waals surface area contributed by atoms with E-state index < -0.39 is 0 Å². The van der Waals surface area contributed by atoms with Crippen molar-refractivity contribution < 1.29 is 4.79 Å². The van der Waals surface area contributed by atoms with Crippen LogP contribution in [-0.4, -0.2) is 11.9 Å². The average molecular weight is 258 g/mol. The molecule has 1 aromatic rings. The zero-order valence-corrected chi connectivity index (χ0v) is 11.6. The molecule has 0 radical (unpaired) electrons. The van der Waals surface area contributed by atoms with E-state index in [1.54, 1.807) is 0 Å². The van der Waals surface area contributed by atoms with Gasteiger partial charge in [0.05, 0.1) is 5.92 Å². The number of amides is 1. The molecule has 3 nitrogen and oxygen atoms in total. The average Bonchev–Trinajstić information content (AvgIpc) is 2.85. The van der Waals surface area contributed by atoms with Crippen molar-refractivity contribution in [2.24, 2.45) is 11.7 Å². The molecular weight excluding hydrogens is 236 g/mol. The topological polar surface area (TPSA) is 55.1 Å². The van der Waals surface area contributed by atoms with Crippen LogP contribution in [0.5, 0.6) is 0 Å². The summed E-state index contributed by atoms with van der Waals surface area (Å²) in [6.07, 6.45) is 6.38. The van der Waals surface area contributed by atoms with E-state index in [-0.39, 0.29) is 17.9 Å².